The first-order chi connectivity index (χ1) is 17.9. The van der Waals surface area contributed by atoms with Gasteiger partial charge in [-0.15, -0.1) is 0 Å². The minimum absolute atomic E-state index is 0.00649. The van der Waals surface area contributed by atoms with Crippen LogP contribution in [0.25, 0.3) is 17.3 Å². The summed E-state index contributed by atoms with van der Waals surface area (Å²) in [5, 5.41) is 13.1. The molecule has 1 saturated heterocycles. The number of likely N-dealkylation sites (N-methyl/N-ethyl adjacent to an activating group) is 1. The van der Waals surface area contributed by atoms with Gasteiger partial charge in [0.1, 0.15) is 12.4 Å². The molecule has 0 unspecified atom stereocenters. The normalized spacial score (nSPS) is 17.7. The first-order valence-corrected chi connectivity index (χ1v) is 12.3. The molecule has 1 aromatic carbocycles. The Morgan fingerprint density at radius 2 is 1.84 bits per heavy atom. The molecule has 0 saturated carbocycles. The fraction of sp³-hybridized carbons (Fsp3) is 0.333. The predicted molar refractivity (Wildman–Crippen MR) is 142 cm³/mol. The third-order valence-electron chi connectivity index (χ3n) is 6.76. The second-order valence-corrected chi connectivity index (χ2v) is 9.28. The number of carbonyl (C=O) groups is 1. The molecule has 0 aliphatic carbocycles. The third kappa shape index (κ3) is 5.25. The van der Waals surface area contributed by atoms with Crippen molar-refractivity contribution >= 4 is 23.4 Å². The van der Waals surface area contributed by atoms with Crippen molar-refractivity contribution in [2.45, 2.75) is 6.61 Å². The average molecular weight is 502 g/mol. The fourth-order valence-electron chi connectivity index (χ4n) is 4.47. The highest BCUT2D eigenvalue weighted by Gasteiger charge is 2.21. The lowest BCUT2D eigenvalue weighted by atomic mass is 10.0. The SMILES string of the molecule is CN1CCN(C(=O)c2ccc3c(c2)/C=C/C(=N)c2cc(ncc2N)-c2cnn(C)c2COCCO3)CC1. The van der Waals surface area contributed by atoms with Crippen molar-refractivity contribution in [2.24, 2.45) is 7.05 Å². The number of piperazine rings is 1. The van der Waals surface area contributed by atoms with Crippen molar-refractivity contribution in [1.82, 2.24) is 24.6 Å². The summed E-state index contributed by atoms with van der Waals surface area (Å²) in [6.07, 6.45) is 6.76. The number of hydrogen-bond acceptors (Lipinski definition) is 8. The number of nitrogens with two attached hydrogens (primary N) is 1. The van der Waals surface area contributed by atoms with Crippen molar-refractivity contribution in [1.29, 1.82) is 5.41 Å². The highest BCUT2D eigenvalue weighted by Crippen LogP contribution is 2.27. The van der Waals surface area contributed by atoms with Gasteiger partial charge in [0, 0.05) is 55.5 Å². The van der Waals surface area contributed by atoms with Gasteiger partial charge in [-0.05, 0) is 43.5 Å². The van der Waals surface area contributed by atoms with Crippen molar-refractivity contribution in [3.63, 3.8) is 0 Å². The van der Waals surface area contributed by atoms with Gasteiger partial charge in [0.05, 0.1) is 48.4 Å². The summed E-state index contributed by atoms with van der Waals surface area (Å²) in [6.45, 7) is 4.13. The Balaban J connectivity index is 1.49. The van der Waals surface area contributed by atoms with Gasteiger partial charge in [-0.1, -0.05) is 0 Å². The van der Waals surface area contributed by atoms with Crippen LogP contribution < -0.4 is 10.5 Å². The van der Waals surface area contributed by atoms with Crippen molar-refractivity contribution in [2.75, 3.05) is 52.2 Å². The zero-order valence-electron chi connectivity index (χ0n) is 21.1. The maximum atomic E-state index is 13.2. The minimum atomic E-state index is -0.00649. The van der Waals surface area contributed by atoms with Gasteiger partial charge in [0.2, 0.25) is 0 Å². The molecule has 4 heterocycles. The molecule has 2 aliphatic heterocycles. The molecule has 3 aromatic rings. The number of fused-ring (bicyclic) bond motifs is 5. The van der Waals surface area contributed by atoms with Gasteiger partial charge in [-0.25, -0.2) is 0 Å². The summed E-state index contributed by atoms with van der Waals surface area (Å²) in [5.74, 6) is 0.607. The van der Waals surface area contributed by atoms with Crippen LogP contribution in [0, 0.1) is 5.41 Å². The largest absolute Gasteiger partial charge is 0.491 e. The number of anilines is 1. The molecule has 0 atom stereocenters. The highest BCUT2D eigenvalue weighted by molar-refractivity contribution is 6.12. The van der Waals surface area contributed by atoms with E-state index in [4.69, 9.17) is 20.6 Å². The predicted octanol–water partition coefficient (Wildman–Crippen LogP) is 2.44. The summed E-state index contributed by atoms with van der Waals surface area (Å²) in [7, 11) is 3.91. The van der Waals surface area contributed by atoms with E-state index in [0.29, 0.717) is 66.7 Å². The molecule has 1 fully saturated rings. The quantitative estimate of drug-likeness (QED) is 0.525. The number of aryl methyl sites for hydroxylation is 1. The second kappa shape index (κ2) is 10.5. The maximum absolute atomic E-state index is 13.2. The number of ether oxygens (including phenoxy) is 2. The first-order valence-electron chi connectivity index (χ1n) is 12.3. The molecule has 1 amide bonds. The van der Waals surface area contributed by atoms with Crippen molar-refractivity contribution < 1.29 is 14.3 Å². The van der Waals surface area contributed by atoms with Crippen LogP contribution in [-0.4, -0.2) is 82.6 Å². The molecule has 2 bridgehead atoms. The van der Waals surface area contributed by atoms with Crippen LogP contribution in [0.15, 0.2) is 42.7 Å². The van der Waals surface area contributed by atoms with Gasteiger partial charge in [-0.3, -0.25) is 14.5 Å². The Bertz CT molecular complexity index is 1360. The molecule has 10 nitrogen and oxygen atoms in total. The maximum Gasteiger partial charge on any atom is 0.253 e. The van der Waals surface area contributed by atoms with E-state index in [1.165, 1.54) is 0 Å². The number of nitrogens with zero attached hydrogens (tertiary/aromatic N) is 5. The summed E-state index contributed by atoms with van der Waals surface area (Å²) in [6, 6.07) is 7.22. The van der Waals surface area contributed by atoms with E-state index in [9.17, 15) is 4.79 Å². The van der Waals surface area contributed by atoms with Crippen LogP contribution in [0.1, 0.15) is 27.2 Å². The Hall–Kier alpha value is -4.02. The smallest absolute Gasteiger partial charge is 0.253 e. The minimum Gasteiger partial charge on any atom is -0.491 e. The molecule has 5 rings (SSSR count). The lowest BCUT2D eigenvalue weighted by molar-refractivity contribution is 0.0663. The van der Waals surface area contributed by atoms with E-state index in [1.807, 2.05) is 24.1 Å². The zero-order chi connectivity index (χ0) is 25.9. The summed E-state index contributed by atoms with van der Waals surface area (Å²) < 4.78 is 13.7. The highest BCUT2D eigenvalue weighted by atomic mass is 16.5. The van der Waals surface area contributed by atoms with Gasteiger partial charge in [0.15, 0.2) is 0 Å². The number of benzene rings is 1. The molecule has 10 heteroatoms. The van der Waals surface area contributed by atoms with E-state index >= 15 is 0 Å². The van der Waals surface area contributed by atoms with E-state index in [0.717, 1.165) is 24.3 Å². The van der Waals surface area contributed by atoms with Crippen LogP contribution in [-0.2, 0) is 18.4 Å². The molecule has 37 heavy (non-hydrogen) atoms. The molecular formula is C27H31N7O3. The standard InChI is InChI=1S/C27H31N7O3/c1-32-7-9-34(10-8-32)27(35)19-4-6-26-18(13-19)3-5-22(28)20-14-24(30-16-23(20)29)21-15-31-33(2)25(21)17-36-11-12-37-26/h3-6,13-16,28H,7-12,17,29H2,1-2H3/b5-3+,28-22?. The molecule has 0 radical (unpaired) electrons. The number of allylic oxidation sites excluding steroid dienone is 1. The molecular weight excluding hydrogens is 470 g/mol. The number of pyridine rings is 1. The lowest BCUT2D eigenvalue weighted by Crippen LogP contribution is -2.47. The Labute approximate surface area is 215 Å². The van der Waals surface area contributed by atoms with Crippen molar-refractivity contribution in [3.8, 4) is 17.0 Å². The van der Waals surface area contributed by atoms with Crippen LogP contribution in [0.3, 0.4) is 0 Å². The summed E-state index contributed by atoms with van der Waals surface area (Å²) >= 11 is 0. The molecule has 0 spiro atoms. The fourth-order valence-corrected chi connectivity index (χ4v) is 4.47. The molecule has 3 N–H and O–H groups in total. The first kappa shape index (κ1) is 24.7. The number of aromatic nitrogens is 3. The molecule has 2 aliphatic rings. The van der Waals surface area contributed by atoms with E-state index in [-0.39, 0.29) is 11.6 Å². The van der Waals surface area contributed by atoms with Crippen LogP contribution in [0.4, 0.5) is 5.69 Å². The average Bonchev–Trinajstić information content (AvgIpc) is 3.27. The van der Waals surface area contributed by atoms with Crippen LogP contribution in [0.2, 0.25) is 0 Å². The monoisotopic (exact) mass is 501 g/mol. The second-order valence-electron chi connectivity index (χ2n) is 9.28. The van der Waals surface area contributed by atoms with Crippen LogP contribution in [0.5, 0.6) is 5.75 Å². The number of rotatable bonds is 1. The van der Waals surface area contributed by atoms with Gasteiger partial charge in [-0.2, -0.15) is 5.10 Å². The van der Waals surface area contributed by atoms with Crippen molar-refractivity contribution in [3.05, 3.63) is 65.1 Å². The van der Waals surface area contributed by atoms with Gasteiger partial charge in [0.25, 0.3) is 5.91 Å². The number of nitrogens with one attached hydrogen (secondary N) is 1. The molecule has 2 aromatic heterocycles. The van der Waals surface area contributed by atoms with E-state index in [2.05, 4.69) is 22.0 Å². The number of nitrogen functional groups attached to an aromatic ring is 1. The Morgan fingerprint density at radius 1 is 1.03 bits per heavy atom. The van der Waals surface area contributed by atoms with Gasteiger partial charge >= 0.3 is 0 Å². The summed E-state index contributed by atoms with van der Waals surface area (Å²) in [4.78, 5) is 21.7. The third-order valence-corrected chi connectivity index (χ3v) is 6.76. The zero-order valence-corrected chi connectivity index (χ0v) is 21.1. The number of carbonyl (C=O) groups excluding carboxylic acids is 1. The Morgan fingerprint density at radius 3 is 2.65 bits per heavy atom. The Kier molecular flexibility index (Phi) is 7.02. The molecule has 192 valence electrons. The number of hydrogen-bond donors (Lipinski definition) is 2. The topological polar surface area (TPSA) is 123 Å². The van der Waals surface area contributed by atoms with E-state index in [1.54, 1.807) is 41.4 Å². The van der Waals surface area contributed by atoms with E-state index < -0.39 is 0 Å². The number of amides is 1. The lowest BCUT2D eigenvalue weighted by Gasteiger charge is -2.32. The van der Waals surface area contributed by atoms with Gasteiger partial charge < -0.3 is 30.4 Å². The van der Waals surface area contributed by atoms with Crippen LogP contribution >= 0.6 is 0 Å². The summed E-state index contributed by atoms with van der Waals surface area (Å²) in [5.41, 5.74) is 11.0.